The van der Waals surface area contributed by atoms with Gasteiger partial charge in [-0.15, -0.1) is 24.8 Å². The van der Waals surface area contributed by atoms with Crippen molar-refractivity contribution < 1.29 is 22.7 Å². The van der Waals surface area contributed by atoms with Crippen molar-refractivity contribution in [2.24, 2.45) is 0 Å². The molecule has 0 saturated heterocycles. The number of carbonyl (C=O) groups is 1. The number of nitrogens with one attached hydrogen (secondary N) is 2. The van der Waals surface area contributed by atoms with Crippen LogP contribution in [-0.2, 0) is 11.0 Å². The summed E-state index contributed by atoms with van der Waals surface area (Å²) < 4.78 is 42.8. The van der Waals surface area contributed by atoms with Gasteiger partial charge >= 0.3 is 6.18 Å². The summed E-state index contributed by atoms with van der Waals surface area (Å²) in [7, 11) is 1.75. The molecule has 10 heteroatoms. The van der Waals surface area contributed by atoms with E-state index in [1.165, 1.54) is 24.4 Å². The lowest BCUT2D eigenvalue weighted by atomic mass is 10.2. The van der Waals surface area contributed by atoms with Gasteiger partial charge in [0.05, 0.1) is 17.4 Å². The van der Waals surface area contributed by atoms with Crippen molar-refractivity contribution in [3.05, 3.63) is 48.2 Å². The van der Waals surface area contributed by atoms with Crippen LogP contribution in [0.15, 0.2) is 42.6 Å². The minimum atomic E-state index is -4.38. The number of benzene rings is 1. The summed E-state index contributed by atoms with van der Waals surface area (Å²) in [5.41, 5.74) is -0.238. The quantitative estimate of drug-likeness (QED) is 0.744. The van der Waals surface area contributed by atoms with Crippen molar-refractivity contribution in [1.82, 2.24) is 10.3 Å². The molecule has 0 aliphatic rings. The third kappa shape index (κ3) is 7.47. The molecule has 5 nitrogen and oxygen atoms in total. The summed E-state index contributed by atoms with van der Waals surface area (Å²) in [6, 6.07) is 7.43. The number of alkyl halides is 3. The Morgan fingerprint density at radius 1 is 1.12 bits per heavy atom. The van der Waals surface area contributed by atoms with E-state index in [4.69, 9.17) is 4.74 Å². The summed E-state index contributed by atoms with van der Waals surface area (Å²) >= 11 is 0. The van der Waals surface area contributed by atoms with Crippen LogP contribution in [0.4, 0.5) is 18.9 Å². The zero-order valence-electron chi connectivity index (χ0n) is 13.7. The number of carbonyl (C=O) groups excluding carboxylic acids is 1. The van der Waals surface area contributed by atoms with Crippen LogP contribution in [0.5, 0.6) is 11.6 Å². The molecule has 1 aromatic carbocycles. The molecule has 144 valence electrons. The number of amides is 1. The first-order valence-corrected chi connectivity index (χ1v) is 7.14. The average molecular weight is 412 g/mol. The predicted molar refractivity (Wildman–Crippen MR) is 97.4 cm³/mol. The van der Waals surface area contributed by atoms with E-state index >= 15 is 0 Å². The molecule has 0 aliphatic carbocycles. The third-order valence-corrected chi connectivity index (χ3v) is 3.03. The highest BCUT2D eigenvalue weighted by Crippen LogP contribution is 2.31. The van der Waals surface area contributed by atoms with Gasteiger partial charge in [0, 0.05) is 19.0 Å². The monoisotopic (exact) mass is 411 g/mol. The highest BCUT2D eigenvalue weighted by Gasteiger charge is 2.30. The maximum absolute atomic E-state index is 12.5. The van der Waals surface area contributed by atoms with Crippen molar-refractivity contribution in [2.45, 2.75) is 12.6 Å². The fraction of sp³-hybridized carbons (Fsp3) is 0.250. The molecule has 2 N–H and O–H groups in total. The number of hydrogen-bond acceptors (Lipinski definition) is 4. The van der Waals surface area contributed by atoms with Gasteiger partial charge in [-0.25, -0.2) is 4.98 Å². The lowest BCUT2D eigenvalue weighted by Gasteiger charge is -2.09. The van der Waals surface area contributed by atoms with Gasteiger partial charge in [0.2, 0.25) is 11.8 Å². The van der Waals surface area contributed by atoms with Crippen molar-refractivity contribution >= 4 is 36.4 Å². The maximum Gasteiger partial charge on any atom is 0.416 e. The molecular weight excluding hydrogens is 394 g/mol. The van der Waals surface area contributed by atoms with Crippen LogP contribution in [0.2, 0.25) is 0 Å². The van der Waals surface area contributed by atoms with Crippen LogP contribution < -0.4 is 15.4 Å². The Morgan fingerprint density at radius 2 is 1.77 bits per heavy atom. The fourth-order valence-electron chi connectivity index (χ4n) is 1.81. The second kappa shape index (κ2) is 10.8. The number of nitrogens with zero attached hydrogens (tertiary/aromatic N) is 1. The van der Waals surface area contributed by atoms with Crippen molar-refractivity contribution in [1.29, 1.82) is 0 Å². The second-order valence-electron chi connectivity index (χ2n) is 4.91. The highest BCUT2D eigenvalue weighted by atomic mass is 35.5. The van der Waals surface area contributed by atoms with Crippen LogP contribution in [0, 0.1) is 0 Å². The minimum Gasteiger partial charge on any atom is -0.439 e. The van der Waals surface area contributed by atoms with E-state index in [9.17, 15) is 18.0 Å². The largest absolute Gasteiger partial charge is 0.439 e. The Bertz CT molecular complexity index is 681. The van der Waals surface area contributed by atoms with E-state index < -0.39 is 11.7 Å². The Morgan fingerprint density at radius 3 is 2.27 bits per heavy atom. The molecule has 0 bridgehead atoms. The Labute approximate surface area is 161 Å². The molecular formula is C16H18Cl2F3N3O2. The Hall–Kier alpha value is -2.03. The SMILES string of the molecule is CNCCC(=O)Nc1ccc(Oc2ccc(C(F)(F)F)cc2)nc1.Cl.Cl. The third-order valence-electron chi connectivity index (χ3n) is 3.03. The molecule has 2 rings (SSSR count). The zero-order chi connectivity index (χ0) is 17.6. The number of aromatic nitrogens is 1. The van der Waals surface area contributed by atoms with E-state index in [1.807, 2.05) is 0 Å². The molecule has 2 aromatic rings. The molecule has 0 aliphatic heterocycles. The highest BCUT2D eigenvalue weighted by molar-refractivity contribution is 5.90. The van der Waals surface area contributed by atoms with Gasteiger partial charge in [-0.05, 0) is 37.4 Å². The number of hydrogen-bond donors (Lipinski definition) is 2. The van der Waals surface area contributed by atoms with Crippen LogP contribution in [-0.4, -0.2) is 24.5 Å². The fourth-order valence-corrected chi connectivity index (χ4v) is 1.81. The molecule has 0 spiro atoms. The second-order valence-corrected chi connectivity index (χ2v) is 4.91. The van der Waals surface area contributed by atoms with Crippen molar-refractivity contribution in [3.8, 4) is 11.6 Å². The standard InChI is InChI=1S/C16H16F3N3O2.2ClH/c1-20-9-8-14(23)22-12-4-7-15(21-10-12)24-13-5-2-11(3-6-13)16(17,18)19;;/h2-7,10,20H,8-9H2,1H3,(H,22,23);2*1H. The number of pyridine rings is 1. The maximum atomic E-state index is 12.5. The first-order chi connectivity index (χ1) is 11.4. The number of halogens is 5. The van der Waals surface area contributed by atoms with Crippen molar-refractivity contribution in [3.63, 3.8) is 0 Å². The van der Waals surface area contributed by atoms with Crippen LogP contribution in [0.3, 0.4) is 0 Å². The lowest BCUT2D eigenvalue weighted by molar-refractivity contribution is -0.137. The average Bonchev–Trinajstić information content (AvgIpc) is 2.54. The van der Waals surface area contributed by atoms with Crippen molar-refractivity contribution in [2.75, 3.05) is 18.9 Å². The van der Waals surface area contributed by atoms with Crippen LogP contribution in [0.1, 0.15) is 12.0 Å². The van der Waals surface area contributed by atoms with Gasteiger partial charge in [-0.2, -0.15) is 13.2 Å². The van der Waals surface area contributed by atoms with E-state index in [0.717, 1.165) is 12.1 Å². The first kappa shape index (κ1) is 24.0. The van der Waals surface area contributed by atoms with Gasteiger partial charge in [-0.3, -0.25) is 4.79 Å². The van der Waals surface area contributed by atoms with Gasteiger partial charge in [0.15, 0.2) is 0 Å². The Balaban J connectivity index is 0.00000312. The molecule has 1 heterocycles. The molecule has 0 unspecified atom stereocenters. The number of anilines is 1. The van der Waals surface area contributed by atoms with Gasteiger partial charge < -0.3 is 15.4 Å². The topological polar surface area (TPSA) is 63.2 Å². The normalized spacial score (nSPS) is 10.3. The lowest BCUT2D eigenvalue weighted by Crippen LogP contribution is -2.18. The number of rotatable bonds is 6. The number of ether oxygens (including phenoxy) is 1. The molecule has 0 saturated carbocycles. The zero-order valence-corrected chi connectivity index (χ0v) is 15.3. The summed E-state index contributed by atoms with van der Waals surface area (Å²) in [5, 5.41) is 5.54. The molecule has 0 fully saturated rings. The molecule has 0 radical (unpaired) electrons. The smallest absolute Gasteiger partial charge is 0.416 e. The minimum absolute atomic E-state index is 0. The van der Waals surface area contributed by atoms with Crippen LogP contribution >= 0.6 is 24.8 Å². The summed E-state index contributed by atoms with van der Waals surface area (Å²) in [6.07, 6.45) is -2.64. The van der Waals surface area contributed by atoms with E-state index in [2.05, 4.69) is 15.6 Å². The van der Waals surface area contributed by atoms with E-state index in [-0.39, 0.29) is 42.4 Å². The van der Waals surface area contributed by atoms with Gasteiger partial charge in [0.25, 0.3) is 0 Å². The molecule has 1 amide bonds. The van der Waals surface area contributed by atoms with Gasteiger partial charge in [-0.1, -0.05) is 0 Å². The predicted octanol–water partition coefficient (Wildman–Crippen LogP) is 4.28. The van der Waals surface area contributed by atoms with Gasteiger partial charge in [0.1, 0.15) is 5.75 Å². The van der Waals surface area contributed by atoms with E-state index in [1.54, 1.807) is 13.1 Å². The molecule has 0 atom stereocenters. The van der Waals surface area contributed by atoms with Crippen LogP contribution in [0.25, 0.3) is 0 Å². The molecule has 1 aromatic heterocycles. The summed E-state index contributed by atoms with van der Waals surface area (Å²) in [5.74, 6) is 0.298. The van der Waals surface area contributed by atoms with E-state index in [0.29, 0.717) is 18.7 Å². The Kier molecular flexibility index (Phi) is 10.0. The molecule has 26 heavy (non-hydrogen) atoms. The summed E-state index contributed by atoms with van der Waals surface area (Å²) in [4.78, 5) is 15.6. The summed E-state index contributed by atoms with van der Waals surface area (Å²) in [6.45, 7) is 0.564. The first-order valence-electron chi connectivity index (χ1n) is 7.14.